The van der Waals surface area contributed by atoms with E-state index in [0.29, 0.717) is 4.48 Å². The molecule has 0 fully saturated rings. The maximum absolute atomic E-state index is 11.7. The third kappa shape index (κ3) is 5.87. The summed E-state index contributed by atoms with van der Waals surface area (Å²) in [6.45, 7) is 0. The third-order valence-electron chi connectivity index (χ3n) is 2.65. The fourth-order valence-corrected chi connectivity index (χ4v) is 2.11. The Labute approximate surface area is 139 Å². The number of halogens is 1. The van der Waals surface area contributed by atoms with Crippen molar-refractivity contribution in [1.82, 2.24) is 15.4 Å². The number of hydrazone groups is 1. The zero-order valence-electron chi connectivity index (χ0n) is 11.9. The Morgan fingerprint density at radius 3 is 2.65 bits per heavy atom. The second kappa shape index (κ2) is 8.04. The van der Waals surface area contributed by atoms with E-state index in [1.165, 1.54) is 6.21 Å². The molecule has 8 heteroatoms. The molecule has 0 atom stereocenters. The van der Waals surface area contributed by atoms with Crippen molar-refractivity contribution in [3.05, 3.63) is 73.0 Å². The Hall–Kier alpha value is -2.74. The Morgan fingerprint density at radius 2 is 1.96 bits per heavy atom. The highest BCUT2D eigenvalue weighted by Gasteiger charge is 2.04. The highest BCUT2D eigenvalue weighted by molar-refractivity contribution is 9.12. The molecule has 1 aromatic carbocycles. The predicted octanol–water partition coefficient (Wildman–Crippen LogP) is 1.14. The van der Waals surface area contributed by atoms with Gasteiger partial charge in [0.25, 0.3) is 5.56 Å². The maximum Gasteiger partial charge on any atom is 0.325 e. The Balaban J connectivity index is 1.92. The lowest BCUT2D eigenvalue weighted by atomic mass is 10.2. The smallest absolute Gasteiger partial charge is 0.311 e. The van der Waals surface area contributed by atoms with Crippen LogP contribution >= 0.6 is 15.9 Å². The highest BCUT2D eigenvalue weighted by Crippen LogP contribution is 2.09. The number of H-pyrrole nitrogens is 2. The Kier molecular flexibility index (Phi) is 5.81. The number of hydrogen-bond donors (Lipinski definition) is 3. The molecule has 2 aromatic rings. The Morgan fingerprint density at radius 1 is 1.22 bits per heavy atom. The first-order valence-corrected chi connectivity index (χ1v) is 7.39. The van der Waals surface area contributed by atoms with Crippen LogP contribution in [0.3, 0.4) is 0 Å². The first-order valence-electron chi connectivity index (χ1n) is 6.59. The van der Waals surface area contributed by atoms with Gasteiger partial charge < -0.3 is 4.98 Å². The summed E-state index contributed by atoms with van der Waals surface area (Å²) >= 11 is 3.32. The molecule has 0 saturated carbocycles. The van der Waals surface area contributed by atoms with Crippen molar-refractivity contribution in [2.45, 2.75) is 6.42 Å². The van der Waals surface area contributed by atoms with E-state index < -0.39 is 17.2 Å². The van der Waals surface area contributed by atoms with E-state index in [1.807, 2.05) is 41.4 Å². The van der Waals surface area contributed by atoms with Crippen LogP contribution < -0.4 is 16.7 Å². The number of aromatic nitrogens is 2. The largest absolute Gasteiger partial charge is 0.325 e. The molecule has 0 unspecified atom stereocenters. The number of hydrogen-bond acceptors (Lipinski definition) is 4. The molecule has 0 radical (unpaired) electrons. The lowest BCUT2D eigenvalue weighted by Crippen LogP contribution is -2.26. The summed E-state index contributed by atoms with van der Waals surface area (Å²) in [4.78, 5) is 38.3. The van der Waals surface area contributed by atoms with E-state index in [4.69, 9.17) is 0 Å². The first kappa shape index (κ1) is 16.6. The molecule has 0 aliphatic heterocycles. The molecule has 23 heavy (non-hydrogen) atoms. The minimum absolute atomic E-state index is 0.156. The molecular weight excluding hydrogens is 364 g/mol. The van der Waals surface area contributed by atoms with Crippen LogP contribution in [0.15, 0.2) is 55.6 Å². The van der Waals surface area contributed by atoms with Crippen LogP contribution in [0.25, 0.3) is 6.08 Å². The molecule has 0 aliphatic rings. The molecule has 1 amide bonds. The molecule has 7 nitrogen and oxygen atoms in total. The van der Waals surface area contributed by atoms with Gasteiger partial charge in [-0.15, -0.1) is 0 Å². The average Bonchev–Trinajstić information content (AvgIpc) is 2.47. The number of aromatic amines is 2. The number of rotatable bonds is 5. The molecule has 118 valence electrons. The van der Waals surface area contributed by atoms with Gasteiger partial charge in [0.15, 0.2) is 0 Å². The number of nitrogens with one attached hydrogen (secondary N) is 3. The number of amides is 1. The van der Waals surface area contributed by atoms with Crippen LogP contribution in [0, 0.1) is 0 Å². The maximum atomic E-state index is 11.7. The number of carbonyl (C=O) groups is 1. The molecule has 1 heterocycles. The molecule has 0 bridgehead atoms. The molecule has 2 rings (SSSR count). The van der Waals surface area contributed by atoms with E-state index in [9.17, 15) is 14.4 Å². The van der Waals surface area contributed by atoms with Gasteiger partial charge >= 0.3 is 5.69 Å². The summed E-state index contributed by atoms with van der Waals surface area (Å²) < 4.78 is 0.675. The number of nitrogens with zero attached hydrogens (tertiary/aromatic N) is 1. The van der Waals surface area contributed by atoms with Crippen molar-refractivity contribution in [2.75, 3.05) is 0 Å². The summed E-state index contributed by atoms with van der Waals surface area (Å²) in [6.07, 6.45) is 3.12. The van der Waals surface area contributed by atoms with Crippen LogP contribution in [0.4, 0.5) is 0 Å². The molecule has 1 aromatic heterocycles. The van der Waals surface area contributed by atoms with Crippen LogP contribution in [0.5, 0.6) is 0 Å². The zero-order chi connectivity index (χ0) is 16.7. The van der Waals surface area contributed by atoms with Crippen molar-refractivity contribution in [1.29, 1.82) is 0 Å². The minimum Gasteiger partial charge on any atom is -0.311 e. The van der Waals surface area contributed by atoms with E-state index in [-0.39, 0.29) is 12.1 Å². The topological polar surface area (TPSA) is 107 Å². The van der Waals surface area contributed by atoms with Crippen molar-refractivity contribution in [2.24, 2.45) is 5.10 Å². The van der Waals surface area contributed by atoms with Crippen molar-refractivity contribution in [3.8, 4) is 0 Å². The van der Waals surface area contributed by atoms with E-state index in [2.05, 4.69) is 31.4 Å². The average molecular weight is 377 g/mol. The van der Waals surface area contributed by atoms with Crippen molar-refractivity contribution in [3.63, 3.8) is 0 Å². The van der Waals surface area contributed by atoms with Gasteiger partial charge in [-0.1, -0.05) is 30.3 Å². The summed E-state index contributed by atoms with van der Waals surface area (Å²) in [5.41, 5.74) is 2.29. The van der Waals surface area contributed by atoms with Crippen LogP contribution in [0.2, 0.25) is 0 Å². The second-order valence-electron chi connectivity index (χ2n) is 4.52. The highest BCUT2D eigenvalue weighted by atomic mass is 79.9. The van der Waals surface area contributed by atoms with Gasteiger partial charge in [0, 0.05) is 16.2 Å². The van der Waals surface area contributed by atoms with Crippen LogP contribution in [-0.2, 0) is 11.2 Å². The van der Waals surface area contributed by atoms with Crippen molar-refractivity contribution >= 4 is 34.1 Å². The zero-order valence-corrected chi connectivity index (χ0v) is 13.5. The quantitative estimate of drug-likeness (QED) is 0.537. The molecule has 3 N–H and O–H groups in total. The first-order chi connectivity index (χ1) is 11.0. The molecule has 0 spiro atoms. The van der Waals surface area contributed by atoms with Crippen LogP contribution in [0.1, 0.15) is 11.3 Å². The van der Waals surface area contributed by atoms with Crippen LogP contribution in [-0.4, -0.2) is 22.1 Å². The monoisotopic (exact) mass is 376 g/mol. The fraction of sp³-hybridized carbons (Fsp3) is 0.0667. The predicted molar refractivity (Wildman–Crippen MR) is 91.4 cm³/mol. The van der Waals surface area contributed by atoms with Gasteiger partial charge in [0.1, 0.15) is 0 Å². The molecule has 0 saturated heterocycles. The lowest BCUT2D eigenvalue weighted by Gasteiger charge is -1.99. The SMILES string of the molecule is O=C(Cc1cc(=O)[nH]c(=O)[nH]1)N/N=C/C(Br)=C/c1ccccc1. The number of benzene rings is 1. The van der Waals surface area contributed by atoms with Crippen molar-refractivity contribution < 1.29 is 4.79 Å². The molecular formula is C15H13BrN4O3. The number of allylic oxidation sites excluding steroid dienone is 1. The lowest BCUT2D eigenvalue weighted by molar-refractivity contribution is -0.120. The summed E-state index contributed by atoms with van der Waals surface area (Å²) in [7, 11) is 0. The third-order valence-corrected chi connectivity index (χ3v) is 3.08. The Bertz CT molecular complexity index is 825. The van der Waals surface area contributed by atoms with E-state index >= 15 is 0 Å². The van der Waals surface area contributed by atoms with Gasteiger partial charge in [-0.3, -0.25) is 14.6 Å². The normalized spacial score (nSPS) is 11.6. The van der Waals surface area contributed by atoms with Gasteiger partial charge in [-0.05, 0) is 27.6 Å². The summed E-state index contributed by atoms with van der Waals surface area (Å²) in [5.74, 6) is -0.456. The summed E-state index contributed by atoms with van der Waals surface area (Å²) in [5, 5.41) is 3.79. The molecule has 0 aliphatic carbocycles. The minimum atomic E-state index is -0.655. The van der Waals surface area contributed by atoms with E-state index in [1.54, 1.807) is 0 Å². The van der Waals surface area contributed by atoms with Gasteiger partial charge in [-0.25, -0.2) is 10.2 Å². The van der Waals surface area contributed by atoms with Gasteiger partial charge in [0.05, 0.1) is 12.6 Å². The number of carbonyl (C=O) groups excluding carboxylic acids is 1. The van der Waals surface area contributed by atoms with Gasteiger partial charge in [0.2, 0.25) is 5.91 Å². The second-order valence-corrected chi connectivity index (χ2v) is 5.44. The fourth-order valence-electron chi connectivity index (χ4n) is 1.74. The summed E-state index contributed by atoms with van der Waals surface area (Å²) in [6, 6.07) is 10.7. The standard InChI is InChI=1S/C15H13BrN4O3/c16-11(6-10-4-2-1-3-5-10)9-17-20-14(22)8-12-7-13(21)19-15(23)18-12/h1-7,9H,8H2,(H,20,22)(H2,18,19,21,23)/b11-6-,17-9+. The van der Waals surface area contributed by atoms with E-state index in [0.717, 1.165) is 11.6 Å². The van der Waals surface area contributed by atoms with Gasteiger partial charge in [-0.2, -0.15) is 5.10 Å².